The Bertz CT molecular complexity index is 2540. The minimum Gasteiger partial charge on any atom is -0.460 e. The van der Waals surface area contributed by atoms with Gasteiger partial charge in [-0.05, 0) is 112 Å². The average molecular weight is 1160 g/mol. The molecule has 29 heteroatoms. The number of nitriles is 1. The van der Waals surface area contributed by atoms with E-state index in [0.29, 0.717) is 0 Å². The third kappa shape index (κ3) is 26.4. The standard InChI is InChI=1S/C25H26F9NO4.C22H19F6NO4.C3H3F3O/c1-21(2,3)39-20(36)14-22(15-35-11-10-23(26,27)28,16-6-4-8-18(12-16)37-24(29,30)31)17-7-5-9-19(13-17)38-25(32,33)34;1-19(2,3)33-18(30)12-20(13-29,14-6-4-8-16(10-14)31-21(23,24)25)15-7-5-9-17(11-15)32-22(26,27)28;4-3(5,6)1-2-7/h4-9,12-13,35H,10-11,14-15H2,1-3H3;4-11H,12H2,1-3H3;2H,1H2. The summed E-state index contributed by atoms with van der Waals surface area (Å²) in [7, 11) is 0. The molecular formula is C50H48F18N2O9. The maximum atomic E-state index is 13.0. The summed E-state index contributed by atoms with van der Waals surface area (Å²) in [6.07, 6.45) is -33.3. The second-order valence-corrected chi connectivity index (χ2v) is 18.5. The largest absolute Gasteiger partial charge is 0.573 e. The molecule has 0 radical (unpaired) electrons. The van der Waals surface area contributed by atoms with Gasteiger partial charge in [0.1, 0.15) is 45.9 Å². The number of hydrogen-bond acceptors (Lipinski definition) is 11. The Kier molecular flexibility index (Phi) is 23.0. The molecule has 79 heavy (non-hydrogen) atoms. The fourth-order valence-electron chi connectivity index (χ4n) is 6.92. The van der Waals surface area contributed by atoms with E-state index in [1.165, 1.54) is 45.0 Å². The lowest BCUT2D eigenvalue weighted by molar-refractivity contribution is -0.275. The van der Waals surface area contributed by atoms with Crippen LogP contribution in [-0.4, -0.2) is 80.3 Å². The molecule has 0 amide bonds. The van der Waals surface area contributed by atoms with Gasteiger partial charge < -0.3 is 38.5 Å². The lowest BCUT2D eigenvalue weighted by atomic mass is 9.71. The Labute approximate surface area is 438 Å². The molecule has 438 valence electrons. The minimum atomic E-state index is -5.10. The van der Waals surface area contributed by atoms with Crippen LogP contribution in [0.4, 0.5) is 79.0 Å². The van der Waals surface area contributed by atoms with Gasteiger partial charge in [-0.1, -0.05) is 48.5 Å². The summed E-state index contributed by atoms with van der Waals surface area (Å²) in [5, 5.41) is 12.6. The molecule has 0 aromatic heterocycles. The number of esters is 2. The van der Waals surface area contributed by atoms with Crippen molar-refractivity contribution < 1.29 is 122 Å². The fraction of sp³-hybridized carbons (Fsp3) is 0.440. The summed E-state index contributed by atoms with van der Waals surface area (Å²) >= 11 is 0. The molecule has 0 aliphatic carbocycles. The van der Waals surface area contributed by atoms with Gasteiger partial charge in [-0.3, -0.25) is 9.59 Å². The van der Waals surface area contributed by atoms with Crippen molar-refractivity contribution in [3.63, 3.8) is 0 Å². The van der Waals surface area contributed by atoms with Crippen LogP contribution in [-0.2, 0) is 34.7 Å². The van der Waals surface area contributed by atoms with Crippen molar-refractivity contribution in [1.82, 2.24) is 5.32 Å². The minimum absolute atomic E-state index is 0.0706. The summed E-state index contributed by atoms with van der Waals surface area (Å²) in [4.78, 5) is 34.7. The highest BCUT2D eigenvalue weighted by molar-refractivity contribution is 5.75. The predicted octanol–water partition coefficient (Wildman–Crippen LogP) is 14.2. The third-order valence-electron chi connectivity index (χ3n) is 9.57. The Morgan fingerprint density at radius 1 is 0.494 bits per heavy atom. The number of carbonyl (C=O) groups excluding carboxylic acids is 3. The quantitative estimate of drug-likeness (QED) is 0.0467. The molecule has 0 aliphatic heterocycles. The number of alkyl halides is 18. The Hall–Kier alpha value is -7.12. The van der Waals surface area contributed by atoms with Gasteiger partial charge >= 0.3 is 49.7 Å². The molecule has 1 N–H and O–H groups in total. The number of carbonyl (C=O) groups is 3. The van der Waals surface area contributed by atoms with Crippen LogP contribution in [0.5, 0.6) is 23.0 Å². The Balaban J connectivity index is 0.000000486. The van der Waals surface area contributed by atoms with Gasteiger partial charge in [0, 0.05) is 18.5 Å². The topological polar surface area (TPSA) is 142 Å². The molecule has 0 saturated heterocycles. The number of nitrogens with one attached hydrogen (secondary N) is 1. The van der Waals surface area contributed by atoms with Crippen molar-refractivity contribution >= 4 is 18.2 Å². The monoisotopic (exact) mass is 1160 g/mol. The Morgan fingerprint density at radius 2 is 0.810 bits per heavy atom. The number of rotatable bonds is 17. The summed E-state index contributed by atoms with van der Waals surface area (Å²) in [5.74, 6) is -4.59. The molecule has 0 heterocycles. The van der Waals surface area contributed by atoms with Crippen molar-refractivity contribution in [2.75, 3.05) is 13.1 Å². The van der Waals surface area contributed by atoms with Gasteiger partial charge in [-0.15, -0.1) is 52.7 Å². The van der Waals surface area contributed by atoms with Crippen LogP contribution >= 0.6 is 0 Å². The van der Waals surface area contributed by atoms with Crippen molar-refractivity contribution in [3.8, 4) is 29.1 Å². The zero-order valence-electron chi connectivity index (χ0n) is 42.0. The van der Waals surface area contributed by atoms with Crippen LogP contribution in [0.3, 0.4) is 0 Å². The number of hydrogen-bond donors (Lipinski definition) is 1. The number of aldehydes is 1. The van der Waals surface area contributed by atoms with Gasteiger partial charge in [0.15, 0.2) is 0 Å². The van der Waals surface area contributed by atoms with Crippen molar-refractivity contribution in [1.29, 1.82) is 5.26 Å². The van der Waals surface area contributed by atoms with Crippen LogP contribution in [0.15, 0.2) is 97.1 Å². The molecule has 0 atom stereocenters. The first-order valence-corrected chi connectivity index (χ1v) is 22.3. The summed E-state index contributed by atoms with van der Waals surface area (Å²) in [6, 6.07) is 19.0. The zero-order chi connectivity index (χ0) is 60.7. The van der Waals surface area contributed by atoms with Gasteiger partial charge in [0.2, 0.25) is 0 Å². The summed E-state index contributed by atoms with van der Waals surface area (Å²) in [5.41, 5.74) is -6.21. The smallest absolute Gasteiger partial charge is 0.460 e. The Morgan fingerprint density at radius 3 is 1.08 bits per heavy atom. The molecular weight excluding hydrogens is 1110 g/mol. The fourth-order valence-corrected chi connectivity index (χ4v) is 6.92. The molecule has 0 bridgehead atoms. The number of ether oxygens (including phenoxy) is 6. The first-order valence-electron chi connectivity index (χ1n) is 22.3. The van der Waals surface area contributed by atoms with Crippen LogP contribution in [0.1, 0.15) is 89.5 Å². The first kappa shape index (κ1) is 68.0. The van der Waals surface area contributed by atoms with E-state index in [2.05, 4.69) is 24.3 Å². The molecule has 4 rings (SSSR count). The second kappa shape index (κ2) is 26.7. The highest BCUT2D eigenvalue weighted by Crippen LogP contribution is 2.42. The van der Waals surface area contributed by atoms with Crippen LogP contribution < -0.4 is 24.3 Å². The SMILES string of the molecule is CC(C)(C)OC(=O)CC(C#N)(c1cccc(OC(F)(F)F)c1)c1cccc(OC(F)(F)F)c1.CC(C)(C)OC(=O)CC(CNCCC(F)(F)F)(c1cccc(OC(F)(F)F)c1)c1cccc(OC(F)(F)F)c1.O=CCC(F)(F)F. The highest BCUT2D eigenvalue weighted by atomic mass is 19.4. The van der Waals surface area contributed by atoms with E-state index in [-0.39, 0.29) is 28.5 Å². The van der Waals surface area contributed by atoms with Crippen LogP contribution in [0.2, 0.25) is 0 Å². The van der Waals surface area contributed by atoms with E-state index in [1.54, 1.807) is 20.8 Å². The molecule has 4 aromatic carbocycles. The van der Waals surface area contributed by atoms with E-state index in [9.17, 15) is 93.9 Å². The zero-order valence-corrected chi connectivity index (χ0v) is 42.0. The van der Waals surface area contributed by atoms with Gasteiger partial charge in [-0.2, -0.15) is 31.6 Å². The van der Waals surface area contributed by atoms with Crippen molar-refractivity contribution in [2.24, 2.45) is 0 Å². The third-order valence-corrected chi connectivity index (χ3v) is 9.57. The van der Waals surface area contributed by atoms with E-state index >= 15 is 0 Å². The number of nitrogens with zero attached hydrogens (tertiary/aromatic N) is 1. The molecule has 0 aliphatic rings. The number of halogens is 18. The normalized spacial score (nSPS) is 12.8. The maximum Gasteiger partial charge on any atom is 0.573 e. The van der Waals surface area contributed by atoms with E-state index in [4.69, 9.17) is 14.3 Å². The van der Waals surface area contributed by atoms with Gasteiger partial charge in [0.25, 0.3) is 0 Å². The molecule has 11 nitrogen and oxygen atoms in total. The lowest BCUT2D eigenvalue weighted by Crippen LogP contribution is -2.43. The molecule has 0 unspecified atom stereocenters. The lowest BCUT2D eigenvalue weighted by Gasteiger charge is -2.36. The average Bonchev–Trinajstić information content (AvgIpc) is 3.23. The maximum absolute atomic E-state index is 13.0. The second-order valence-electron chi connectivity index (χ2n) is 18.5. The molecule has 0 fully saturated rings. The van der Waals surface area contributed by atoms with E-state index in [1.807, 2.05) is 6.07 Å². The van der Waals surface area contributed by atoms with Gasteiger partial charge in [0.05, 0.1) is 31.8 Å². The van der Waals surface area contributed by atoms with E-state index in [0.717, 1.165) is 72.8 Å². The molecule has 4 aromatic rings. The van der Waals surface area contributed by atoms with Crippen molar-refractivity contribution in [3.05, 3.63) is 119 Å². The molecule has 0 saturated carbocycles. The highest BCUT2D eigenvalue weighted by Gasteiger charge is 2.43. The predicted molar refractivity (Wildman–Crippen MR) is 241 cm³/mol. The number of benzene rings is 4. The molecule has 0 spiro atoms. The van der Waals surface area contributed by atoms with Crippen LogP contribution in [0.25, 0.3) is 0 Å². The van der Waals surface area contributed by atoms with E-state index < -0.39 is 134 Å². The summed E-state index contributed by atoms with van der Waals surface area (Å²) < 4.78 is 251. The van der Waals surface area contributed by atoms with Gasteiger partial charge in [-0.25, -0.2) is 0 Å². The first-order chi connectivity index (χ1) is 35.8. The van der Waals surface area contributed by atoms with Crippen molar-refractivity contribution in [2.45, 2.75) is 127 Å². The van der Waals surface area contributed by atoms with Crippen LogP contribution in [0, 0.1) is 11.3 Å². The summed E-state index contributed by atoms with van der Waals surface area (Å²) in [6.45, 7) is 8.12.